The van der Waals surface area contributed by atoms with E-state index in [4.69, 9.17) is 9.47 Å². The molecular formula is C25H33F2O4S. The van der Waals surface area contributed by atoms with Crippen LogP contribution < -0.4 is 4.74 Å². The van der Waals surface area contributed by atoms with Crippen molar-refractivity contribution in [1.29, 1.82) is 0 Å². The molecule has 0 aliphatic carbocycles. The van der Waals surface area contributed by atoms with Crippen LogP contribution in [-0.4, -0.2) is 19.8 Å². The fourth-order valence-electron chi connectivity index (χ4n) is 2.19. The van der Waals surface area contributed by atoms with Gasteiger partial charge in [0.25, 0.3) is 0 Å². The topological polar surface area (TPSA) is 52.6 Å². The van der Waals surface area contributed by atoms with E-state index in [0.29, 0.717) is 16.9 Å². The van der Waals surface area contributed by atoms with Gasteiger partial charge in [0, 0.05) is 17.4 Å². The fraction of sp³-hybridized carbons (Fsp3) is 0.400. The van der Waals surface area contributed by atoms with Crippen molar-refractivity contribution in [2.45, 2.75) is 52.9 Å². The number of ether oxygens (including phenoxy) is 2. The van der Waals surface area contributed by atoms with Gasteiger partial charge in [0.1, 0.15) is 11.6 Å². The smallest absolute Gasteiger partial charge is 0.168 e. The molecule has 0 amide bonds. The summed E-state index contributed by atoms with van der Waals surface area (Å²) < 4.78 is 60.4. The predicted molar refractivity (Wildman–Crippen MR) is 126 cm³/mol. The molecule has 7 heteroatoms. The summed E-state index contributed by atoms with van der Waals surface area (Å²) in [6.07, 6.45) is 1.48. The minimum absolute atomic E-state index is 0.0511. The van der Waals surface area contributed by atoms with Crippen molar-refractivity contribution in [3.8, 4) is 11.5 Å². The van der Waals surface area contributed by atoms with E-state index in [1.807, 2.05) is 13.8 Å². The van der Waals surface area contributed by atoms with Crippen LogP contribution in [-0.2, 0) is 20.3 Å². The van der Waals surface area contributed by atoms with Crippen molar-refractivity contribution in [2.24, 2.45) is 5.41 Å². The van der Waals surface area contributed by atoms with Gasteiger partial charge in [-0.15, -0.1) is 0 Å². The maximum absolute atomic E-state index is 13.6. The second-order valence-electron chi connectivity index (χ2n) is 8.83. The highest BCUT2D eigenvalue weighted by molar-refractivity contribution is 7.90. The molecule has 0 atom stereocenters. The number of halogens is 2. The van der Waals surface area contributed by atoms with Gasteiger partial charge in [-0.05, 0) is 49.1 Å². The Morgan fingerprint density at radius 2 is 1.59 bits per heavy atom. The SMILES string of the molecule is C=Cc1cc(CS(=O)(=O)CC)ccc1Oc1ccc(F)cc1F.[CH2]OC(C)(C)C(C)(C)C. The molecule has 0 spiro atoms. The summed E-state index contributed by atoms with van der Waals surface area (Å²) in [6.45, 7) is 15.7. The Balaban J connectivity index is 0.000000482. The van der Waals surface area contributed by atoms with Gasteiger partial charge in [0.15, 0.2) is 21.4 Å². The van der Waals surface area contributed by atoms with Gasteiger partial charge < -0.3 is 9.47 Å². The first-order valence-corrected chi connectivity index (χ1v) is 12.0. The van der Waals surface area contributed by atoms with Crippen LogP contribution in [0, 0.1) is 24.2 Å². The standard InChI is InChI=1S/C17H16F2O3S.C8H17O/c1-3-13-9-12(11-23(20,21)4-2)5-7-16(13)22-17-8-6-14(18)10-15(17)19;1-7(2,3)8(4,5)9-6/h3,5-10H,1,4,11H2,2H3;6H2,1-5H3. The average Bonchev–Trinajstić information content (AvgIpc) is 2.70. The van der Waals surface area contributed by atoms with Crippen molar-refractivity contribution in [2.75, 3.05) is 5.75 Å². The zero-order valence-corrected chi connectivity index (χ0v) is 20.5. The highest BCUT2D eigenvalue weighted by Gasteiger charge is 2.32. The lowest BCUT2D eigenvalue weighted by Crippen LogP contribution is -2.37. The molecule has 0 saturated heterocycles. The third kappa shape index (κ3) is 8.02. The van der Waals surface area contributed by atoms with Crippen LogP contribution in [0.2, 0.25) is 0 Å². The zero-order valence-electron chi connectivity index (χ0n) is 19.7. The van der Waals surface area contributed by atoms with Crippen LogP contribution in [0.4, 0.5) is 8.78 Å². The van der Waals surface area contributed by atoms with E-state index in [9.17, 15) is 17.2 Å². The van der Waals surface area contributed by atoms with Crippen molar-refractivity contribution in [1.82, 2.24) is 0 Å². The second-order valence-corrected chi connectivity index (χ2v) is 11.2. The Bertz CT molecular complexity index is 1020. The average molecular weight is 468 g/mol. The van der Waals surface area contributed by atoms with Gasteiger partial charge in [-0.3, -0.25) is 0 Å². The van der Waals surface area contributed by atoms with E-state index >= 15 is 0 Å². The Morgan fingerprint density at radius 1 is 1.00 bits per heavy atom. The molecule has 0 saturated carbocycles. The van der Waals surface area contributed by atoms with Gasteiger partial charge in [0.05, 0.1) is 18.5 Å². The molecule has 0 fully saturated rings. The van der Waals surface area contributed by atoms with Gasteiger partial charge >= 0.3 is 0 Å². The minimum atomic E-state index is -3.16. The molecule has 0 aromatic heterocycles. The maximum atomic E-state index is 13.6. The van der Waals surface area contributed by atoms with E-state index < -0.39 is 21.5 Å². The number of hydrogen-bond donors (Lipinski definition) is 0. The zero-order chi connectivity index (χ0) is 24.7. The Labute approximate surface area is 191 Å². The number of sulfone groups is 1. The van der Waals surface area contributed by atoms with Crippen molar-refractivity contribution >= 4 is 15.9 Å². The highest BCUT2D eigenvalue weighted by atomic mass is 32.2. The van der Waals surface area contributed by atoms with Crippen molar-refractivity contribution in [3.63, 3.8) is 0 Å². The summed E-state index contributed by atoms with van der Waals surface area (Å²) in [5.74, 6) is -1.37. The van der Waals surface area contributed by atoms with E-state index in [2.05, 4.69) is 34.5 Å². The van der Waals surface area contributed by atoms with E-state index in [1.165, 1.54) is 12.1 Å². The molecule has 2 aromatic carbocycles. The quantitative estimate of drug-likeness (QED) is 0.442. The summed E-state index contributed by atoms with van der Waals surface area (Å²) in [6, 6.07) is 7.76. The largest absolute Gasteiger partial charge is 0.454 e. The van der Waals surface area contributed by atoms with Crippen molar-refractivity contribution in [3.05, 3.63) is 72.8 Å². The van der Waals surface area contributed by atoms with Crippen LogP contribution in [0.1, 0.15) is 52.7 Å². The lowest BCUT2D eigenvalue weighted by molar-refractivity contribution is -0.0409. The Hall–Kier alpha value is -2.25. The first-order valence-electron chi connectivity index (χ1n) is 10.2. The summed E-state index contributed by atoms with van der Waals surface area (Å²) in [4.78, 5) is 0. The maximum Gasteiger partial charge on any atom is 0.168 e. The molecule has 4 nitrogen and oxygen atoms in total. The first-order chi connectivity index (χ1) is 14.7. The third-order valence-corrected chi connectivity index (χ3v) is 7.05. The van der Waals surface area contributed by atoms with Crippen LogP contribution in [0.25, 0.3) is 6.08 Å². The van der Waals surface area contributed by atoms with Gasteiger partial charge in [-0.2, -0.15) is 0 Å². The monoisotopic (exact) mass is 467 g/mol. The normalized spacial score (nSPS) is 12.0. The third-order valence-electron chi connectivity index (χ3n) is 5.40. The summed E-state index contributed by atoms with van der Waals surface area (Å²) in [5, 5.41) is 0. The molecule has 1 radical (unpaired) electrons. The second kappa shape index (κ2) is 11.1. The molecule has 0 unspecified atom stereocenters. The van der Waals surface area contributed by atoms with Crippen LogP contribution >= 0.6 is 0 Å². The number of rotatable bonds is 7. The molecule has 0 N–H and O–H groups in total. The minimum Gasteiger partial charge on any atom is -0.454 e. The molecule has 0 aliphatic rings. The van der Waals surface area contributed by atoms with Crippen molar-refractivity contribution < 1.29 is 26.7 Å². The van der Waals surface area contributed by atoms with Gasteiger partial charge in [-0.25, -0.2) is 17.2 Å². The number of benzene rings is 2. The van der Waals surface area contributed by atoms with Crippen LogP contribution in [0.15, 0.2) is 43.0 Å². The predicted octanol–water partition coefficient (Wildman–Crippen LogP) is 6.95. The fourth-order valence-corrected chi connectivity index (χ4v) is 3.08. The number of hydrogen-bond acceptors (Lipinski definition) is 4. The summed E-state index contributed by atoms with van der Waals surface area (Å²) in [7, 11) is 0.266. The van der Waals surface area contributed by atoms with Gasteiger partial charge in [-0.1, -0.05) is 46.4 Å². The first kappa shape index (κ1) is 27.8. The molecule has 2 aromatic rings. The van der Waals surface area contributed by atoms with Gasteiger partial charge in [0.2, 0.25) is 0 Å². The molecule has 0 heterocycles. The molecule has 0 bridgehead atoms. The molecule has 0 aliphatic heterocycles. The van der Waals surface area contributed by atoms with E-state index in [-0.39, 0.29) is 28.3 Å². The molecular weight excluding hydrogens is 434 g/mol. The van der Waals surface area contributed by atoms with E-state index in [1.54, 1.807) is 25.1 Å². The molecule has 32 heavy (non-hydrogen) atoms. The summed E-state index contributed by atoms with van der Waals surface area (Å²) in [5.41, 5.74) is 1.15. The Morgan fingerprint density at radius 3 is 2.03 bits per heavy atom. The lowest BCUT2D eigenvalue weighted by atomic mass is 9.79. The van der Waals surface area contributed by atoms with Crippen LogP contribution in [0.3, 0.4) is 0 Å². The molecule has 2 rings (SSSR count). The highest BCUT2D eigenvalue weighted by Crippen LogP contribution is 2.32. The van der Waals surface area contributed by atoms with Crippen LogP contribution in [0.5, 0.6) is 11.5 Å². The molecule has 177 valence electrons. The lowest BCUT2D eigenvalue weighted by Gasteiger charge is -2.37. The Kier molecular flexibility index (Phi) is 9.60. The van der Waals surface area contributed by atoms with E-state index in [0.717, 1.165) is 12.1 Å². The summed E-state index contributed by atoms with van der Waals surface area (Å²) >= 11 is 0.